The third-order valence-electron chi connectivity index (χ3n) is 4.04. The molecule has 2 fully saturated rings. The minimum absolute atomic E-state index is 0.0864. The van der Waals surface area contributed by atoms with E-state index >= 15 is 0 Å². The molecule has 1 aromatic carbocycles. The van der Waals surface area contributed by atoms with Crippen LogP contribution in [0.1, 0.15) is 24.5 Å². The summed E-state index contributed by atoms with van der Waals surface area (Å²) in [6.07, 6.45) is 0.326. The van der Waals surface area contributed by atoms with Crippen molar-refractivity contribution < 1.29 is 14.7 Å². The molecule has 19 heavy (non-hydrogen) atoms. The molecular formula is C14H16N2O3. The van der Waals surface area contributed by atoms with Gasteiger partial charge < -0.3 is 15.7 Å². The molecule has 0 radical (unpaired) electrons. The smallest absolute Gasteiger partial charge is 0.256 e. The molecule has 2 amide bonds. The van der Waals surface area contributed by atoms with Gasteiger partial charge in [-0.05, 0) is 24.3 Å². The van der Waals surface area contributed by atoms with Crippen molar-refractivity contribution in [3.05, 3.63) is 35.9 Å². The Morgan fingerprint density at radius 2 is 1.95 bits per heavy atom. The maximum absolute atomic E-state index is 12.4. The molecule has 3 rings (SSSR count). The fourth-order valence-corrected chi connectivity index (χ4v) is 2.95. The molecule has 1 aliphatic carbocycles. The summed E-state index contributed by atoms with van der Waals surface area (Å²) in [5.74, 6) is -0.523. The van der Waals surface area contributed by atoms with Crippen LogP contribution in [0.5, 0.6) is 0 Å². The number of amides is 2. The lowest BCUT2D eigenvalue weighted by Gasteiger charge is -2.27. The van der Waals surface area contributed by atoms with E-state index in [2.05, 4.69) is 0 Å². The number of piperidine rings is 1. The molecule has 5 heteroatoms. The van der Waals surface area contributed by atoms with Crippen LogP contribution in [0.2, 0.25) is 0 Å². The van der Waals surface area contributed by atoms with Crippen LogP contribution in [0.15, 0.2) is 30.3 Å². The Labute approximate surface area is 111 Å². The Kier molecular flexibility index (Phi) is 2.78. The number of aliphatic hydroxyl groups excluding tert-OH is 1. The minimum atomic E-state index is -1.22. The number of carbonyl (C=O) groups excluding carboxylic acids is 2. The van der Waals surface area contributed by atoms with Crippen molar-refractivity contribution in [3.63, 3.8) is 0 Å². The predicted molar refractivity (Wildman–Crippen MR) is 67.7 cm³/mol. The largest absolute Gasteiger partial charge is 0.378 e. The summed E-state index contributed by atoms with van der Waals surface area (Å²) >= 11 is 0. The average Bonchev–Trinajstić information content (AvgIpc) is 3.09. The summed E-state index contributed by atoms with van der Waals surface area (Å²) in [7, 11) is 0. The molecule has 1 heterocycles. The summed E-state index contributed by atoms with van der Waals surface area (Å²) in [5, 5.41) is 10.1. The van der Waals surface area contributed by atoms with Crippen LogP contribution in [-0.4, -0.2) is 33.9 Å². The van der Waals surface area contributed by atoms with Crippen molar-refractivity contribution in [2.45, 2.75) is 31.0 Å². The lowest BCUT2D eigenvalue weighted by molar-refractivity contribution is -0.146. The first-order valence-corrected chi connectivity index (χ1v) is 6.44. The molecule has 100 valence electrons. The van der Waals surface area contributed by atoms with Gasteiger partial charge in [-0.1, -0.05) is 30.3 Å². The zero-order valence-electron chi connectivity index (χ0n) is 10.4. The Balaban J connectivity index is 1.81. The first-order valence-electron chi connectivity index (χ1n) is 6.44. The number of rotatable bonds is 3. The van der Waals surface area contributed by atoms with Gasteiger partial charge in [0.05, 0.1) is 0 Å². The van der Waals surface area contributed by atoms with Gasteiger partial charge in [-0.2, -0.15) is 0 Å². The van der Waals surface area contributed by atoms with E-state index in [-0.39, 0.29) is 6.04 Å². The molecule has 3 unspecified atom stereocenters. The van der Waals surface area contributed by atoms with Crippen molar-refractivity contribution in [3.8, 4) is 0 Å². The van der Waals surface area contributed by atoms with Gasteiger partial charge in [0, 0.05) is 6.04 Å². The Bertz CT molecular complexity index is 517. The van der Waals surface area contributed by atoms with Crippen molar-refractivity contribution in [1.29, 1.82) is 0 Å². The van der Waals surface area contributed by atoms with E-state index in [0.29, 0.717) is 17.9 Å². The number of aliphatic hydroxyl groups is 1. The average molecular weight is 260 g/mol. The van der Waals surface area contributed by atoms with E-state index in [1.165, 1.54) is 4.90 Å². The standard InChI is InChI=1S/C14H16N2O3/c15-13(18)11-7-9-6-10(9)16(11)14(19)12(17)8-4-2-1-3-5-8/h1-5,9-12,17H,6-7H2,(H2,15,18)/t9?,10?,11?,12-/m1/s1. The monoisotopic (exact) mass is 260 g/mol. The molecule has 3 N–H and O–H groups in total. The highest BCUT2D eigenvalue weighted by atomic mass is 16.3. The van der Waals surface area contributed by atoms with Gasteiger partial charge >= 0.3 is 0 Å². The molecule has 0 spiro atoms. The minimum Gasteiger partial charge on any atom is -0.378 e. The highest BCUT2D eigenvalue weighted by molar-refractivity contribution is 5.90. The molecule has 1 aromatic rings. The van der Waals surface area contributed by atoms with Crippen LogP contribution in [0.4, 0.5) is 0 Å². The summed E-state index contributed by atoms with van der Waals surface area (Å²) in [5.41, 5.74) is 5.87. The number of benzene rings is 1. The summed E-state index contributed by atoms with van der Waals surface area (Å²) in [4.78, 5) is 25.2. The third-order valence-corrected chi connectivity index (χ3v) is 4.04. The first kappa shape index (κ1) is 12.2. The highest BCUT2D eigenvalue weighted by Gasteiger charge is 2.56. The number of nitrogens with zero attached hydrogens (tertiary/aromatic N) is 1. The van der Waals surface area contributed by atoms with Gasteiger partial charge in [-0.3, -0.25) is 9.59 Å². The van der Waals surface area contributed by atoms with Gasteiger partial charge in [0.1, 0.15) is 6.04 Å². The normalized spacial score (nSPS) is 29.7. The fourth-order valence-electron chi connectivity index (χ4n) is 2.95. The van der Waals surface area contributed by atoms with Gasteiger partial charge in [-0.15, -0.1) is 0 Å². The second-order valence-corrected chi connectivity index (χ2v) is 5.28. The zero-order chi connectivity index (χ0) is 13.6. The van der Waals surface area contributed by atoms with Crippen LogP contribution in [0.25, 0.3) is 0 Å². The van der Waals surface area contributed by atoms with Gasteiger partial charge in [-0.25, -0.2) is 0 Å². The van der Waals surface area contributed by atoms with Crippen LogP contribution in [0, 0.1) is 5.92 Å². The molecule has 1 saturated heterocycles. The van der Waals surface area contributed by atoms with Crippen molar-refractivity contribution in [2.75, 3.05) is 0 Å². The molecule has 2 aliphatic rings. The number of hydrogen-bond donors (Lipinski definition) is 2. The van der Waals surface area contributed by atoms with Crippen LogP contribution in [0.3, 0.4) is 0 Å². The molecule has 1 saturated carbocycles. The Morgan fingerprint density at radius 3 is 2.58 bits per heavy atom. The lowest BCUT2D eigenvalue weighted by atomic mass is 10.1. The van der Waals surface area contributed by atoms with Gasteiger partial charge in [0.2, 0.25) is 5.91 Å². The second-order valence-electron chi connectivity index (χ2n) is 5.28. The first-order chi connectivity index (χ1) is 9.09. The predicted octanol–water partition coefficient (Wildman–Crippen LogP) is 0.195. The second kappa shape index (κ2) is 4.35. The van der Waals surface area contributed by atoms with E-state index in [9.17, 15) is 14.7 Å². The van der Waals surface area contributed by atoms with Crippen LogP contribution in [-0.2, 0) is 9.59 Å². The van der Waals surface area contributed by atoms with Gasteiger partial charge in [0.15, 0.2) is 6.10 Å². The number of fused-ring (bicyclic) bond motifs is 1. The van der Waals surface area contributed by atoms with E-state index in [1.54, 1.807) is 24.3 Å². The summed E-state index contributed by atoms with van der Waals surface area (Å²) < 4.78 is 0. The topological polar surface area (TPSA) is 83.6 Å². The number of carbonyl (C=O) groups is 2. The molecule has 1 aliphatic heterocycles. The number of likely N-dealkylation sites (tertiary alicyclic amines) is 1. The van der Waals surface area contributed by atoms with Gasteiger partial charge in [0.25, 0.3) is 5.91 Å². The maximum Gasteiger partial charge on any atom is 0.256 e. The number of nitrogens with two attached hydrogens (primary N) is 1. The summed E-state index contributed by atoms with van der Waals surface area (Å²) in [6.45, 7) is 0. The quantitative estimate of drug-likeness (QED) is 0.814. The van der Waals surface area contributed by atoms with E-state index in [4.69, 9.17) is 5.73 Å². The third kappa shape index (κ3) is 2.00. The summed E-state index contributed by atoms with van der Waals surface area (Å²) in [6, 6.07) is 8.27. The molecule has 0 aromatic heterocycles. The van der Waals surface area contributed by atoms with E-state index in [0.717, 1.165) is 6.42 Å². The van der Waals surface area contributed by atoms with Crippen molar-refractivity contribution in [2.24, 2.45) is 11.7 Å². The number of hydrogen-bond acceptors (Lipinski definition) is 3. The van der Waals surface area contributed by atoms with Crippen LogP contribution >= 0.6 is 0 Å². The Hall–Kier alpha value is -1.88. The van der Waals surface area contributed by atoms with Crippen molar-refractivity contribution in [1.82, 2.24) is 4.90 Å². The number of primary amides is 1. The van der Waals surface area contributed by atoms with E-state index in [1.807, 2.05) is 6.07 Å². The fraction of sp³-hybridized carbons (Fsp3) is 0.429. The molecule has 5 nitrogen and oxygen atoms in total. The SMILES string of the molecule is NC(=O)C1CC2CC2N1C(=O)[C@H](O)c1ccccc1. The van der Waals surface area contributed by atoms with Crippen molar-refractivity contribution >= 4 is 11.8 Å². The molecule has 0 bridgehead atoms. The zero-order valence-corrected chi connectivity index (χ0v) is 10.4. The Morgan fingerprint density at radius 1 is 1.26 bits per heavy atom. The maximum atomic E-state index is 12.4. The van der Waals surface area contributed by atoms with E-state index < -0.39 is 24.0 Å². The van der Waals surface area contributed by atoms with Crippen LogP contribution < -0.4 is 5.73 Å². The molecular weight excluding hydrogens is 244 g/mol. The lowest BCUT2D eigenvalue weighted by Crippen LogP contribution is -2.47. The highest BCUT2D eigenvalue weighted by Crippen LogP contribution is 2.48. The molecule has 4 atom stereocenters.